The van der Waals surface area contributed by atoms with Gasteiger partial charge in [-0.3, -0.25) is 9.69 Å². The van der Waals surface area contributed by atoms with E-state index in [9.17, 15) is 4.79 Å². The van der Waals surface area contributed by atoms with Crippen molar-refractivity contribution in [1.82, 2.24) is 4.90 Å². The van der Waals surface area contributed by atoms with Crippen molar-refractivity contribution in [2.24, 2.45) is 0 Å². The van der Waals surface area contributed by atoms with Crippen LogP contribution in [0.4, 0.5) is 0 Å². The van der Waals surface area contributed by atoms with E-state index in [1.54, 1.807) is 0 Å². The molecule has 0 spiro atoms. The lowest BCUT2D eigenvalue weighted by molar-refractivity contribution is 0.0795. The predicted molar refractivity (Wildman–Crippen MR) is 67.2 cm³/mol. The molecule has 1 heterocycles. The van der Waals surface area contributed by atoms with Crippen LogP contribution in [0.2, 0.25) is 0 Å². The number of likely N-dealkylation sites (N-methyl/N-ethyl adjacent to an activating group) is 1. The molecule has 3 nitrogen and oxygen atoms in total. The van der Waals surface area contributed by atoms with Gasteiger partial charge in [0, 0.05) is 18.2 Å². The molecule has 1 aliphatic rings. The second kappa shape index (κ2) is 5.43. The normalized spacial score (nSPS) is 21.7. The van der Waals surface area contributed by atoms with Crippen LogP contribution in [0.1, 0.15) is 23.7 Å². The number of ketones is 1. The smallest absolute Gasteiger partial charge is 0.179 e. The molecule has 0 amide bonds. The summed E-state index contributed by atoms with van der Waals surface area (Å²) < 4.78 is 5.36. The first-order valence-electron chi connectivity index (χ1n) is 6.09. The SMILES string of the molecule is CC(C(=O)c1ccccc1)N(C)C1CCOC1. The molecule has 0 saturated carbocycles. The highest BCUT2D eigenvalue weighted by atomic mass is 16.5. The van der Waals surface area contributed by atoms with Gasteiger partial charge in [0.15, 0.2) is 5.78 Å². The Morgan fingerprint density at radius 1 is 1.41 bits per heavy atom. The third-order valence-corrected chi connectivity index (χ3v) is 3.53. The van der Waals surface area contributed by atoms with Crippen molar-refractivity contribution in [2.45, 2.75) is 25.4 Å². The largest absolute Gasteiger partial charge is 0.380 e. The molecule has 2 atom stereocenters. The molecule has 2 unspecified atom stereocenters. The van der Waals surface area contributed by atoms with E-state index in [1.807, 2.05) is 44.3 Å². The van der Waals surface area contributed by atoms with Crippen molar-refractivity contribution in [3.8, 4) is 0 Å². The summed E-state index contributed by atoms with van der Waals surface area (Å²) in [7, 11) is 2.00. The minimum atomic E-state index is -0.0934. The van der Waals surface area contributed by atoms with Crippen LogP contribution in [0.5, 0.6) is 0 Å². The monoisotopic (exact) mass is 233 g/mol. The zero-order valence-electron chi connectivity index (χ0n) is 10.4. The number of carbonyl (C=O) groups is 1. The summed E-state index contributed by atoms with van der Waals surface area (Å²) >= 11 is 0. The molecule has 17 heavy (non-hydrogen) atoms. The van der Waals surface area contributed by atoms with Gasteiger partial charge in [-0.2, -0.15) is 0 Å². The molecular weight excluding hydrogens is 214 g/mol. The summed E-state index contributed by atoms with van der Waals surface area (Å²) in [6.45, 7) is 3.51. The molecule has 3 heteroatoms. The lowest BCUT2D eigenvalue weighted by atomic mass is 10.0. The molecule has 92 valence electrons. The van der Waals surface area contributed by atoms with E-state index < -0.39 is 0 Å². The Bertz CT molecular complexity index is 371. The van der Waals surface area contributed by atoms with E-state index >= 15 is 0 Å². The number of nitrogens with zero attached hydrogens (tertiary/aromatic N) is 1. The van der Waals surface area contributed by atoms with E-state index in [0.717, 1.165) is 25.2 Å². The summed E-state index contributed by atoms with van der Waals surface area (Å²) in [5.74, 6) is 0.181. The number of carbonyl (C=O) groups excluding carboxylic acids is 1. The molecule has 0 bridgehead atoms. The van der Waals surface area contributed by atoms with Gasteiger partial charge in [0.25, 0.3) is 0 Å². The summed E-state index contributed by atoms with van der Waals surface area (Å²) in [6, 6.07) is 9.75. The van der Waals surface area contributed by atoms with E-state index in [4.69, 9.17) is 4.74 Å². The number of hydrogen-bond acceptors (Lipinski definition) is 3. The Labute approximate surface area is 102 Å². The Balaban J connectivity index is 2.04. The molecule has 0 radical (unpaired) electrons. The van der Waals surface area contributed by atoms with Gasteiger partial charge in [0.05, 0.1) is 12.6 Å². The highest BCUT2D eigenvalue weighted by Gasteiger charge is 2.27. The average molecular weight is 233 g/mol. The van der Waals surface area contributed by atoms with Gasteiger partial charge < -0.3 is 4.74 Å². The summed E-state index contributed by atoms with van der Waals surface area (Å²) in [4.78, 5) is 14.4. The van der Waals surface area contributed by atoms with Crippen molar-refractivity contribution in [1.29, 1.82) is 0 Å². The molecule has 2 rings (SSSR count). The van der Waals surface area contributed by atoms with Crippen LogP contribution in [0, 0.1) is 0 Å². The Morgan fingerprint density at radius 3 is 2.71 bits per heavy atom. The van der Waals surface area contributed by atoms with Crippen LogP contribution in [0.15, 0.2) is 30.3 Å². The fourth-order valence-electron chi connectivity index (χ4n) is 2.19. The first kappa shape index (κ1) is 12.3. The molecule has 1 fully saturated rings. The van der Waals surface area contributed by atoms with Crippen LogP contribution < -0.4 is 0 Å². The maximum Gasteiger partial charge on any atom is 0.179 e. The zero-order chi connectivity index (χ0) is 12.3. The first-order chi connectivity index (χ1) is 8.20. The number of rotatable bonds is 4. The van der Waals surface area contributed by atoms with E-state index in [2.05, 4.69) is 4.90 Å². The highest BCUT2D eigenvalue weighted by molar-refractivity contribution is 5.99. The average Bonchev–Trinajstić information content (AvgIpc) is 2.91. The fraction of sp³-hybridized carbons (Fsp3) is 0.500. The number of Topliss-reactive ketones (excluding diaryl/α,β-unsaturated/α-hetero) is 1. The quantitative estimate of drug-likeness (QED) is 0.745. The van der Waals surface area contributed by atoms with E-state index in [-0.39, 0.29) is 11.8 Å². The summed E-state index contributed by atoms with van der Waals surface area (Å²) in [6.07, 6.45) is 1.02. The van der Waals surface area contributed by atoms with Crippen molar-refractivity contribution in [2.75, 3.05) is 20.3 Å². The third-order valence-electron chi connectivity index (χ3n) is 3.53. The van der Waals surface area contributed by atoms with Crippen LogP contribution in [0.25, 0.3) is 0 Å². The number of ether oxygens (including phenoxy) is 1. The van der Waals surface area contributed by atoms with E-state index in [1.165, 1.54) is 0 Å². The van der Waals surface area contributed by atoms with Crippen molar-refractivity contribution in [3.63, 3.8) is 0 Å². The molecular formula is C14H19NO2. The van der Waals surface area contributed by atoms with Gasteiger partial charge in [0.1, 0.15) is 0 Å². The van der Waals surface area contributed by atoms with Gasteiger partial charge in [-0.15, -0.1) is 0 Å². The second-order valence-electron chi connectivity index (χ2n) is 4.59. The Hall–Kier alpha value is -1.19. The maximum absolute atomic E-state index is 12.3. The minimum Gasteiger partial charge on any atom is -0.380 e. The van der Waals surface area contributed by atoms with Crippen molar-refractivity contribution in [3.05, 3.63) is 35.9 Å². The highest BCUT2D eigenvalue weighted by Crippen LogP contribution is 2.16. The maximum atomic E-state index is 12.3. The topological polar surface area (TPSA) is 29.5 Å². The molecule has 0 N–H and O–H groups in total. The fourth-order valence-corrected chi connectivity index (χ4v) is 2.19. The predicted octanol–water partition coefficient (Wildman–Crippen LogP) is 1.98. The molecule has 1 aromatic carbocycles. The van der Waals surface area contributed by atoms with Gasteiger partial charge >= 0.3 is 0 Å². The summed E-state index contributed by atoms with van der Waals surface area (Å²) in [5.41, 5.74) is 0.783. The molecule has 1 aliphatic heterocycles. The lowest BCUT2D eigenvalue weighted by Gasteiger charge is -2.28. The van der Waals surface area contributed by atoms with Gasteiger partial charge in [0.2, 0.25) is 0 Å². The lowest BCUT2D eigenvalue weighted by Crippen LogP contribution is -2.43. The van der Waals surface area contributed by atoms with Crippen LogP contribution in [-0.2, 0) is 4.74 Å². The molecule has 1 saturated heterocycles. The van der Waals surface area contributed by atoms with Crippen molar-refractivity contribution >= 4 is 5.78 Å². The van der Waals surface area contributed by atoms with E-state index in [0.29, 0.717) is 6.04 Å². The zero-order valence-corrected chi connectivity index (χ0v) is 10.4. The Morgan fingerprint density at radius 2 is 2.12 bits per heavy atom. The van der Waals surface area contributed by atoms with Crippen LogP contribution in [0.3, 0.4) is 0 Å². The first-order valence-corrected chi connectivity index (χ1v) is 6.09. The van der Waals surface area contributed by atoms with Crippen LogP contribution in [-0.4, -0.2) is 43.0 Å². The number of hydrogen-bond donors (Lipinski definition) is 0. The number of benzene rings is 1. The molecule has 1 aromatic rings. The molecule has 0 aliphatic carbocycles. The van der Waals surface area contributed by atoms with Crippen LogP contribution >= 0.6 is 0 Å². The third kappa shape index (κ3) is 2.73. The Kier molecular flexibility index (Phi) is 3.92. The van der Waals surface area contributed by atoms with Gasteiger partial charge in [-0.1, -0.05) is 30.3 Å². The van der Waals surface area contributed by atoms with Crippen molar-refractivity contribution < 1.29 is 9.53 Å². The minimum absolute atomic E-state index is 0.0934. The molecule has 0 aromatic heterocycles. The van der Waals surface area contributed by atoms with Gasteiger partial charge in [-0.25, -0.2) is 0 Å². The second-order valence-corrected chi connectivity index (χ2v) is 4.59. The standard InChI is InChI=1S/C14H19NO2/c1-11(15(2)13-8-9-17-10-13)14(16)12-6-4-3-5-7-12/h3-7,11,13H,8-10H2,1-2H3. The summed E-state index contributed by atoms with van der Waals surface area (Å²) in [5, 5.41) is 0. The van der Waals surface area contributed by atoms with Gasteiger partial charge in [-0.05, 0) is 20.4 Å².